The van der Waals surface area contributed by atoms with Gasteiger partial charge in [-0.3, -0.25) is 4.90 Å². The van der Waals surface area contributed by atoms with Gasteiger partial charge in [0.1, 0.15) is 0 Å². The molecule has 0 bridgehead atoms. The SMILES string of the molecule is CN1CC(N2CC(CO)C2)C1. The third kappa shape index (κ3) is 1.28. The first-order chi connectivity index (χ1) is 5.29. The van der Waals surface area contributed by atoms with Crippen LogP contribution >= 0.6 is 0 Å². The summed E-state index contributed by atoms with van der Waals surface area (Å²) in [7, 11) is 2.15. The molecule has 3 heteroatoms. The Morgan fingerprint density at radius 3 is 2.36 bits per heavy atom. The third-order valence-electron chi connectivity index (χ3n) is 2.80. The van der Waals surface area contributed by atoms with E-state index in [1.54, 1.807) is 0 Å². The molecule has 64 valence electrons. The molecule has 1 N–H and O–H groups in total. The largest absolute Gasteiger partial charge is 0.396 e. The Bertz CT molecular complexity index is 139. The number of rotatable bonds is 2. The van der Waals surface area contributed by atoms with Crippen LogP contribution in [0.15, 0.2) is 0 Å². The number of hydrogen-bond donors (Lipinski definition) is 1. The zero-order valence-corrected chi connectivity index (χ0v) is 7.03. The van der Waals surface area contributed by atoms with Gasteiger partial charge in [-0.15, -0.1) is 0 Å². The second-order valence-corrected chi connectivity index (χ2v) is 3.88. The maximum Gasteiger partial charge on any atom is 0.0483 e. The molecule has 2 aliphatic heterocycles. The smallest absolute Gasteiger partial charge is 0.0483 e. The van der Waals surface area contributed by atoms with E-state index in [0.29, 0.717) is 12.5 Å². The molecule has 0 atom stereocenters. The summed E-state index contributed by atoms with van der Waals surface area (Å²) in [5.41, 5.74) is 0. The lowest BCUT2D eigenvalue weighted by Gasteiger charge is -2.50. The number of likely N-dealkylation sites (N-methyl/N-ethyl adjacent to an activating group) is 1. The molecule has 2 fully saturated rings. The monoisotopic (exact) mass is 156 g/mol. The minimum absolute atomic E-state index is 0.374. The highest BCUT2D eigenvalue weighted by Gasteiger charge is 2.36. The van der Waals surface area contributed by atoms with Crippen molar-refractivity contribution in [3.8, 4) is 0 Å². The van der Waals surface area contributed by atoms with Crippen LogP contribution in [0.4, 0.5) is 0 Å². The third-order valence-corrected chi connectivity index (χ3v) is 2.80. The van der Waals surface area contributed by atoms with Gasteiger partial charge >= 0.3 is 0 Å². The van der Waals surface area contributed by atoms with Gasteiger partial charge in [-0.05, 0) is 7.05 Å². The van der Waals surface area contributed by atoms with Crippen LogP contribution in [0.1, 0.15) is 0 Å². The van der Waals surface area contributed by atoms with Crippen molar-refractivity contribution in [3.63, 3.8) is 0 Å². The molecule has 2 saturated heterocycles. The maximum atomic E-state index is 8.79. The molecule has 2 aliphatic rings. The molecule has 0 aliphatic carbocycles. The van der Waals surface area contributed by atoms with Gasteiger partial charge in [0.05, 0.1) is 0 Å². The van der Waals surface area contributed by atoms with Crippen LogP contribution in [0.2, 0.25) is 0 Å². The van der Waals surface area contributed by atoms with Crippen molar-refractivity contribution in [3.05, 3.63) is 0 Å². The average Bonchev–Trinajstić information content (AvgIpc) is 1.81. The van der Waals surface area contributed by atoms with E-state index in [0.717, 1.165) is 19.1 Å². The molecule has 0 amide bonds. The molecule has 3 nitrogen and oxygen atoms in total. The molecule has 0 spiro atoms. The van der Waals surface area contributed by atoms with Crippen LogP contribution in [0.3, 0.4) is 0 Å². The lowest BCUT2D eigenvalue weighted by atomic mass is 9.95. The Balaban J connectivity index is 1.67. The van der Waals surface area contributed by atoms with E-state index < -0.39 is 0 Å². The van der Waals surface area contributed by atoms with Crippen molar-refractivity contribution in [2.24, 2.45) is 5.92 Å². The van der Waals surface area contributed by atoms with Gasteiger partial charge < -0.3 is 10.0 Å². The van der Waals surface area contributed by atoms with E-state index in [4.69, 9.17) is 5.11 Å². The minimum Gasteiger partial charge on any atom is -0.396 e. The fraction of sp³-hybridized carbons (Fsp3) is 1.00. The molecule has 2 rings (SSSR count). The van der Waals surface area contributed by atoms with Crippen molar-refractivity contribution in [2.45, 2.75) is 6.04 Å². The van der Waals surface area contributed by atoms with Crippen molar-refractivity contribution in [1.29, 1.82) is 0 Å². The molecule has 0 aromatic heterocycles. The molecule has 0 saturated carbocycles. The van der Waals surface area contributed by atoms with E-state index in [1.807, 2.05) is 0 Å². The fourth-order valence-electron chi connectivity index (χ4n) is 1.92. The predicted octanol–water partition coefficient (Wildman–Crippen LogP) is -0.775. The maximum absolute atomic E-state index is 8.79. The van der Waals surface area contributed by atoms with E-state index in [-0.39, 0.29) is 0 Å². The number of hydrogen-bond acceptors (Lipinski definition) is 3. The highest BCUT2D eigenvalue weighted by molar-refractivity contribution is 4.92. The molecular weight excluding hydrogens is 140 g/mol. The molecule has 0 aromatic carbocycles. The summed E-state index contributed by atoms with van der Waals surface area (Å²) in [6, 6.07) is 0.794. The lowest BCUT2D eigenvalue weighted by Crippen LogP contribution is -2.64. The number of likely N-dealkylation sites (tertiary alicyclic amines) is 2. The number of aliphatic hydroxyl groups excluding tert-OH is 1. The van der Waals surface area contributed by atoms with Gasteiger partial charge in [0.15, 0.2) is 0 Å². The molecule has 2 heterocycles. The van der Waals surface area contributed by atoms with Crippen molar-refractivity contribution < 1.29 is 5.11 Å². The molecule has 11 heavy (non-hydrogen) atoms. The summed E-state index contributed by atoms with van der Waals surface area (Å²) in [6.07, 6.45) is 0. The first-order valence-electron chi connectivity index (χ1n) is 4.33. The second-order valence-electron chi connectivity index (χ2n) is 3.88. The molecule has 0 aromatic rings. The topological polar surface area (TPSA) is 26.7 Å². The molecular formula is C8H16N2O. The Kier molecular flexibility index (Phi) is 1.87. The highest BCUT2D eigenvalue weighted by atomic mass is 16.3. The van der Waals surface area contributed by atoms with E-state index in [2.05, 4.69) is 16.8 Å². The number of nitrogens with zero attached hydrogens (tertiary/aromatic N) is 2. The van der Waals surface area contributed by atoms with Gasteiger partial charge in [-0.2, -0.15) is 0 Å². The van der Waals surface area contributed by atoms with Crippen LogP contribution in [0.5, 0.6) is 0 Å². The van der Waals surface area contributed by atoms with Crippen LogP contribution in [-0.2, 0) is 0 Å². The van der Waals surface area contributed by atoms with Gasteiger partial charge in [0.25, 0.3) is 0 Å². The quantitative estimate of drug-likeness (QED) is 0.568. The summed E-state index contributed by atoms with van der Waals surface area (Å²) in [5, 5.41) is 8.79. The van der Waals surface area contributed by atoms with Gasteiger partial charge in [0.2, 0.25) is 0 Å². The lowest BCUT2D eigenvalue weighted by molar-refractivity contribution is -0.0360. The van der Waals surface area contributed by atoms with Crippen LogP contribution in [0.25, 0.3) is 0 Å². The fourth-order valence-corrected chi connectivity index (χ4v) is 1.92. The molecule has 0 unspecified atom stereocenters. The van der Waals surface area contributed by atoms with Crippen molar-refractivity contribution in [2.75, 3.05) is 39.8 Å². The Morgan fingerprint density at radius 1 is 1.27 bits per heavy atom. The van der Waals surface area contributed by atoms with Gasteiger partial charge in [-0.25, -0.2) is 0 Å². The van der Waals surface area contributed by atoms with Crippen LogP contribution < -0.4 is 0 Å². The summed E-state index contributed by atoms with van der Waals surface area (Å²) in [6.45, 7) is 5.05. The Labute approximate surface area is 67.6 Å². The number of aliphatic hydroxyl groups is 1. The summed E-state index contributed by atoms with van der Waals surface area (Å²) in [4.78, 5) is 4.80. The van der Waals surface area contributed by atoms with E-state index >= 15 is 0 Å². The molecule has 0 radical (unpaired) electrons. The van der Waals surface area contributed by atoms with Crippen LogP contribution in [0, 0.1) is 5.92 Å². The van der Waals surface area contributed by atoms with E-state index in [9.17, 15) is 0 Å². The Hall–Kier alpha value is -0.120. The van der Waals surface area contributed by atoms with Crippen molar-refractivity contribution in [1.82, 2.24) is 9.80 Å². The highest BCUT2D eigenvalue weighted by Crippen LogP contribution is 2.22. The minimum atomic E-state index is 0.374. The van der Waals surface area contributed by atoms with E-state index in [1.165, 1.54) is 13.1 Å². The van der Waals surface area contributed by atoms with Gasteiger partial charge in [-0.1, -0.05) is 0 Å². The zero-order valence-electron chi connectivity index (χ0n) is 7.03. The summed E-state index contributed by atoms with van der Waals surface area (Å²) < 4.78 is 0. The summed E-state index contributed by atoms with van der Waals surface area (Å²) >= 11 is 0. The Morgan fingerprint density at radius 2 is 1.91 bits per heavy atom. The first kappa shape index (κ1) is 7.53. The van der Waals surface area contributed by atoms with Crippen molar-refractivity contribution >= 4 is 0 Å². The second kappa shape index (κ2) is 2.73. The predicted molar refractivity (Wildman–Crippen MR) is 43.4 cm³/mol. The average molecular weight is 156 g/mol. The standard InChI is InChI=1S/C8H16N2O/c1-9-4-8(5-9)10-2-7(3-10)6-11/h7-8,11H,2-6H2,1H3. The first-order valence-corrected chi connectivity index (χ1v) is 4.33. The zero-order chi connectivity index (χ0) is 7.84. The van der Waals surface area contributed by atoms with Crippen LogP contribution in [-0.4, -0.2) is 60.8 Å². The van der Waals surface area contributed by atoms with Gasteiger partial charge in [0, 0.05) is 44.7 Å². The summed E-state index contributed by atoms with van der Waals surface area (Å²) in [5.74, 6) is 0.570. The normalized spacial score (nSPS) is 30.0.